The number of hydrogen-bond acceptors (Lipinski definition) is 5. The molecule has 0 bridgehead atoms. The van der Waals surface area contributed by atoms with Crippen LogP contribution in [0.25, 0.3) is 0 Å². The first kappa shape index (κ1) is 18.1. The quantitative estimate of drug-likeness (QED) is 0.806. The summed E-state index contributed by atoms with van der Waals surface area (Å²) in [5.74, 6) is 0.594. The van der Waals surface area contributed by atoms with E-state index in [9.17, 15) is 4.79 Å². The molecule has 1 aliphatic heterocycles. The van der Waals surface area contributed by atoms with E-state index in [2.05, 4.69) is 10.2 Å². The molecule has 3 N–H and O–H groups in total. The van der Waals surface area contributed by atoms with Crippen molar-refractivity contribution in [2.75, 3.05) is 48.9 Å². The van der Waals surface area contributed by atoms with Crippen molar-refractivity contribution in [1.82, 2.24) is 0 Å². The normalized spacial score (nSPS) is 14.2. The maximum atomic E-state index is 12.6. The number of nitrogens with zero attached hydrogens (tertiary/aromatic N) is 1. The number of hydrogen-bond donors (Lipinski definition) is 2. The molecule has 0 spiro atoms. The van der Waals surface area contributed by atoms with Crippen molar-refractivity contribution in [1.29, 1.82) is 0 Å². The van der Waals surface area contributed by atoms with Crippen molar-refractivity contribution in [3.8, 4) is 5.75 Å². The monoisotopic (exact) mass is 355 g/mol. The molecule has 0 aromatic heterocycles. The van der Waals surface area contributed by atoms with Crippen molar-refractivity contribution in [3.05, 3.63) is 47.5 Å². The van der Waals surface area contributed by atoms with Crippen molar-refractivity contribution in [2.45, 2.75) is 13.8 Å². The number of nitrogen functional groups attached to an aromatic ring is 1. The highest BCUT2D eigenvalue weighted by molar-refractivity contribution is 6.05. The zero-order valence-electron chi connectivity index (χ0n) is 15.2. The van der Waals surface area contributed by atoms with Crippen LogP contribution in [0.2, 0.25) is 0 Å². The van der Waals surface area contributed by atoms with Crippen LogP contribution in [0.5, 0.6) is 5.75 Å². The lowest BCUT2D eigenvalue weighted by Crippen LogP contribution is -2.36. The number of carbonyl (C=O) groups excluding carboxylic acids is 1. The minimum atomic E-state index is -0.158. The molecule has 26 heavy (non-hydrogen) atoms. The van der Waals surface area contributed by atoms with Gasteiger partial charge in [-0.1, -0.05) is 0 Å². The van der Waals surface area contributed by atoms with E-state index in [-0.39, 0.29) is 5.91 Å². The lowest BCUT2D eigenvalue weighted by Gasteiger charge is -2.30. The molecule has 3 rings (SSSR count). The number of nitrogens with one attached hydrogen (secondary N) is 1. The first-order valence-electron chi connectivity index (χ1n) is 8.85. The van der Waals surface area contributed by atoms with E-state index in [1.807, 2.05) is 26.0 Å². The Labute approximate surface area is 153 Å². The molecule has 0 unspecified atom stereocenters. The fraction of sp³-hybridized carbons (Fsp3) is 0.350. The van der Waals surface area contributed by atoms with Crippen LogP contribution >= 0.6 is 0 Å². The predicted molar refractivity (Wildman–Crippen MR) is 104 cm³/mol. The molecular formula is C20H25N3O3. The molecule has 1 heterocycles. The van der Waals surface area contributed by atoms with Crippen LogP contribution in [0.1, 0.15) is 22.8 Å². The van der Waals surface area contributed by atoms with Gasteiger partial charge in [-0.2, -0.15) is 0 Å². The topological polar surface area (TPSA) is 76.8 Å². The van der Waals surface area contributed by atoms with Crippen LogP contribution in [-0.2, 0) is 4.74 Å². The number of ether oxygens (including phenoxy) is 2. The van der Waals surface area contributed by atoms with Crippen LogP contribution in [0, 0.1) is 6.92 Å². The summed E-state index contributed by atoms with van der Waals surface area (Å²) in [4.78, 5) is 14.8. The Morgan fingerprint density at radius 2 is 1.92 bits per heavy atom. The Hall–Kier alpha value is -2.73. The van der Waals surface area contributed by atoms with E-state index in [0.717, 1.165) is 35.8 Å². The summed E-state index contributed by atoms with van der Waals surface area (Å²) in [5, 5.41) is 2.99. The van der Waals surface area contributed by atoms with E-state index in [0.29, 0.717) is 31.1 Å². The Morgan fingerprint density at radius 1 is 1.23 bits per heavy atom. The molecule has 2 aromatic carbocycles. The van der Waals surface area contributed by atoms with Crippen LogP contribution in [0.3, 0.4) is 0 Å². The third kappa shape index (κ3) is 4.08. The molecule has 2 aromatic rings. The highest BCUT2D eigenvalue weighted by atomic mass is 16.5. The molecule has 1 fully saturated rings. The first-order valence-corrected chi connectivity index (χ1v) is 8.85. The lowest BCUT2D eigenvalue weighted by molar-refractivity contribution is 0.102. The van der Waals surface area contributed by atoms with Gasteiger partial charge in [0.25, 0.3) is 5.91 Å². The van der Waals surface area contributed by atoms with E-state index in [1.165, 1.54) is 0 Å². The van der Waals surface area contributed by atoms with Crippen LogP contribution in [-0.4, -0.2) is 38.8 Å². The average molecular weight is 355 g/mol. The number of rotatable bonds is 5. The SMILES string of the molecule is CCOc1ccc(C(=O)Nc2cc(N3CCOCC3)c(N)cc2C)cc1. The van der Waals surface area contributed by atoms with Gasteiger partial charge >= 0.3 is 0 Å². The second-order valence-electron chi connectivity index (χ2n) is 6.24. The minimum Gasteiger partial charge on any atom is -0.494 e. The van der Waals surface area contributed by atoms with Gasteiger partial charge in [0.15, 0.2) is 0 Å². The number of benzene rings is 2. The summed E-state index contributed by atoms with van der Waals surface area (Å²) in [5.41, 5.74) is 10.1. The third-order valence-electron chi connectivity index (χ3n) is 4.40. The number of anilines is 3. The number of nitrogens with two attached hydrogens (primary N) is 1. The van der Waals surface area contributed by atoms with Gasteiger partial charge in [-0.25, -0.2) is 0 Å². The Kier molecular flexibility index (Phi) is 5.63. The summed E-state index contributed by atoms with van der Waals surface area (Å²) < 4.78 is 10.8. The second kappa shape index (κ2) is 8.10. The molecule has 1 aliphatic rings. The Morgan fingerprint density at radius 3 is 2.58 bits per heavy atom. The predicted octanol–water partition coefficient (Wildman–Crippen LogP) is 3.06. The summed E-state index contributed by atoms with van der Waals surface area (Å²) in [7, 11) is 0. The lowest BCUT2D eigenvalue weighted by atomic mass is 10.1. The van der Waals surface area contributed by atoms with Crippen molar-refractivity contribution in [3.63, 3.8) is 0 Å². The van der Waals surface area contributed by atoms with Gasteiger partial charge < -0.3 is 25.4 Å². The molecule has 0 atom stereocenters. The molecule has 1 saturated heterocycles. The van der Waals surface area contributed by atoms with Gasteiger partial charge in [-0.05, 0) is 55.8 Å². The molecule has 138 valence electrons. The number of aryl methyl sites for hydroxylation is 1. The van der Waals surface area contributed by atoms with E-state index < -0.39 is 0 Å². The van der Waals surface area contributed by atoms with Gasteiger partial charge in [-0.3, -0.25) is 4.79 Å². The molecular weight excluding hydrogens is 330 g/mol. The maximum absolute atomic E-state index is 12.6. The first-order chi connectivity index (χ1) is 12.6. The van der Waals surface area contributed by atoms with Gasteiger partial charge in [0, 0.05) is 24.3 Å². The second-order valence-corrected chi connectivity index (χ2v) is 6.24. The zero-order chi connectivity index (χ0) is 18.5. The van der Waals surface area contributed by atoms with Crippen molar-refractivity contribution < 1.29 is 14.3 Å². The molecule has 0 aliphatic carbocycles. The van der Waals surface area contributed by atoms with Gasteiger partial charge in [0.05, 0.1) is 31.2 Å². The van der Waals surface area contributed by atoms with Gasteiger partial charge in [0.1, 0.15) is 5.75 Å². The highest BCUT2D eigenvalue weighted by Crippen LogP contribution is 2.31. The molecule has 1 amide bonds. The standard InChI is InChI=1S/C20H25N3O3/c1-3-26-16-6-4-15(5-7-16)20(24)22-18-13-19(17(21)12-14(18)2)23-8-10-25-11-9-23/h4-7,12-13H,3,8-11,21H2,1-2H3,(H,22,24). The third-order valence-corrected chi connectivity index (χ3v) is 4.40. The molecule has 6 nitrogen and oxygen atoms in total. The highest BCUT2D eigenvalue weighted by Gasteiger charge is 2.17. The summed E-state index contributed by atoms with van der Waals surface area (Å²) in [6, 6.07) is 11.0. The zero-order valence-corrected chi connectivity index (χ0v) is 15.2. The number of carbonyl (C=O) groups is 1. The molecule has 0 saturated carbocycles. The van der Waals surface area contributed by atoms with E-state index in [4.69, 9.17) is 15.2 Å². The van der Waals surface area contributed by atoms with E-state index >= 15 is 0 Å². The fourth-order valence-electron chi connectivity index (χ4n) is 3.00. The summed E-state index contributed by atoms with van der Waals surface area (Å²) in [6.45, 7) is 7.41. The van der Waals surface area contributed by atoms with Gasteiger partial charge in [-0.15, -0.1) is 0 Å². The molecule has 6 heteroatoms. The molecule has 0 radical (unpaired) electrons. The number of amides is 1. The van der Waals surface area contributed by atoms with E-state index in [1.54, 1.807) is 24.3 Å². The van der Waals surface area contributed by atoms with Crippen LogP contribution in [0.15, 0.2) is 36.4 Å². The van der Waals surface area contributed by atoms with Crippen LogP contribution < -0.4 is 20.7 Å². The minimum absolute atomic E-state index is 0.158. The van der Waals surface area contributed by atoms with Gasteiger partial charge in [0.2, 0.25) is 0 Å². The van der Waals surface area contributed by atoms with Crippen molar-refractivity contribution >= 4 is 23.0 Å². The maximum Gasteiger partial charge on any atom is 0.255 e. The largest absolute Gasteiger partial charge is 0.494 e. The van der Waals surface area contributed by atoms with Crippen LogP contribution in [0.4, 0.5) is 17.1 Å². The summed E-state index contributed by atoms with van der Waals surface area (Å²) in [6.07, 6.45) is 0. The number of morpholine rings is 1. The Bertz CT molecular complexity index is 769. The summed E-state index contributed by atoms with van der Waals surface area (Å²) >= 11 is 0. The fourth-order valence-corrected chi connectivity index (χ4v) is 3.00. The van der Waals surface area contributed by atoms with Crippen molar-refractivity contribution in [2.24, 2.45) is 0 Å². The Balaban J connectivity index is 1.78. The average Bonchev–Trinajstić information content (AvgIpc) is 2.65. The smallest absolute Gasteiger partial charge is 0.255 e.